The monoisotopic (exact) mass is 793 g/mol. The van der Waals surface area contributed by atoms with E-state index in [1.165, 1.54) is 6.07 Å². The molecule has 0 radical (unpaired) electrons. The molecule has 0 aliphatic carbocycles. The molecule has 0 bridgehead atoms. The molecule has 1 unspecified atom stereocenters. The van der Waals surface area contributed by atoms with Crippen LogP contribution < -0.4 is 20.0 Å². The molecule has 2 atom stereocenters. The summed E-state index contributed by atoms with van der Waals surface area (Å²) in [5.41, 5.74) is 4.39. The van der Waals surface area contributed by atoms with Crippen molar-refractivity contribution in [3.8, 4) is 6.07 Å². The highest BCUT2D eigenvalue weighted by Gasteiger charge is 2.47. The number of rotatable bonds is 7. The van der Waals surface area contributed by atoms with Gasteiger partial charge in [-0.3, -0.25) is 44.2 Å². The molecule has 6 aliphatic heterocycles. The fourth-order valence-electron chi connectivity index (χ4n) is 9.86. The number of halogens is 2. The van der Waals surface area contributed by atoms with Crippen LogP contribution in [0.1, 0.15) is 71.0 Å². The van der Waals surface area contributed by atoms with Crippen LogP contribution in [0.5, 0.6) is 0 Å². The number of carbonyl (C=O) groups is 4. The van der Waals surface area contributed by atoms with Crippen LogP contribution in [0, 0.1) is 22.6 Å². The van der Waals surface area contributed by atoms with Crippen LogP contribution in [0.4, 0.5) is 21.5 Å². The number of piperidine rings is 2. The summed E-state index contributed by atoms with van der Waals surface area (Å²) >= 11 is 6.37. The second-order valence-electron chi connectivity index (χ2n) is 16.6. The molecule has 6 aliphatic rings. The van der Waals surface area contributed by atoms with E-state index in [1.54, 1.807) is 0 Å². The van der Waals surface area contributed by atoms with Crippen molar-refractivity contribution in [2.24, 2.45) is 5.41 Å². The molecular weight excluding hydrogens is 749 g/mol. The summed E-state index contributed by atoms with van der Waals surface area (Å²) in [5, 5.41) is 12.0. The fourth-order valence-corrected chi connectivity index (χ4v) is 10.1. The molecule has 5 fully saturated rings. The molecule has 1 spiro atoms. The first kappa shape index (κ1) is 37.5. The molecule has 1 aromatic heterocycles. The number of aromatic nitrogens is 1. The number of pyridine rings is 1. The van der Waals surface area contributed by atoms with Crippen molar-refractivity contribution >= 4 is 52.3 Å². The first-order chi connectivity index (χ1) is 27.5. The molecule has 4 amide bonds. The van der Waals surface area contributed by atoms with E-state index in [2.05, 4.69) is 50.0 Å². The predicted molar refractivity (Wildman–Crippen MR) is 212 cm³/mol. The van der Waals surface area contributed by atoms with Crippen LogP contribution in [-0.2, 0) is 16.1 Å². The molecule has 15 heteroatoms. The van der Waals surface area contributed by atoms with Gasteiger partial charge in [0.2, 0.25) is 11.8 Å². The third-order valence-electron chi connectivity index (χ3n) is 13.2. The van der Waals surface area contributed by atoms with Crippen molar-refractivity contribution in [3.63, 3.8) is 0 Å². The van der Waals surface area contributed by atoms with E-state index in [1.807, 2.05) is 29.3 Å². The molecule has 9 rings (SSSR count). The highest BCUT2D eigenvalue weighted by atomic mass is 35.5. The van der Waals surface area contributed by atoms with Crippen LogP contribution in [-0.4, -0.2) is 120 Å². The standard InChI is InChI=1S/C42H45ClFN9O4/c1-26-19-42(25-52(26)29-4-2-27(20-45)34(43)16-29)8-10-49(11-9-42)30-5-3-28(46-21-30)22-48-12-14-50(15-13-48)31-23-51(24-31)37-18-33-32(17-35(37)44)40(56)53(41(33)57)36-6-7-38(54)47-39(36)55/h2-5,16-18,21,26,31,36H,6-15,19,22-25H2,1H3,(H,47,54,55)/t26-,36?/m0/s1. The van der Waals surface area contributed by atoms with Crippen LogP contribution in [0.2, 0.25) is 5.02 Å². The number of benzene rings is 2. The average molecular weight is 794 g/mol. The van der Waals surface area contributed by atoms with Gasteiger partial charge in [0.1, 0.15) is 17.9 Å². The zero-order valence-corrected chi connectivity index (χ0v) is 32.7. The Hall–Kier alpha value is -5.10. The lowest BCUT2D eigenvalue weighted by molar-refractivity contribution is -0.136. The molecule has 2 aromatic carbocycles. The summed E-state index contributed by atoms with van der Waals surface area (Å²) in [4.78, 5) is 67.7. The Morgan fingerprint density at radius 3 is 2.32 bits per heavy atom. The minimum atomic E-state index is -1.09. The maximum Gasteiger partial charge on any atom is 0.262 e. The topological polar surface area (TPSA) is 136 Å². The van der Waals surface area contributed by atoms with Gasteiger partial charge in [-0.25, -0.2) is 4.39 Å². The predicted octanol–water partition coefficient (Wildman–Crippen LogP) is 4.04. The molecule has 13 nitrogen and oxygen atoms in total. The largest absolute Gasteiger partial charge is 0.370 e. The van der Waals surface area contributed by atoms with Gasteiger partial charge in [-0.2, -0.15) is 5.26 Å². The maximum atomic E-state index is 15.4. The van der Waals surface area contributed by atoms with E-state index in [0.29, 0.717) is 29.7 Å². The van der Waals surface area contributed by atoms with Crippen molar-refractivity contribution in [2.75, 3.05) is 73.6 Å². The third kappa shape index (κ3) is 6.89. The van der Waals surface area contributed by atoms with E-state index < -0.39 is 35.5 Å². The van der Waals surface area contributed by atoms with Gasteiger partial charge in [-0.15, -0.1) is 0 Å². The van der Waals surface area contributed by atoms with Gasteiger partial charge >= 0.3 is 0 Å². The van der Waals surface area contributed by atoms with Gasteiger partial charge in [0.05, 0.1) is 45.0 Å². The van der Waals surface area contributed by atoms with Gasteiger partial charge in [0, 0.05) is 89.6 Å². The zero-order chi connectivity index (χ0) is 39.6. The number of piperazine rings is 1. The average Bonchev–Trinajstić information content (AvgIpc) is 3.63. The second kappa shape index (κ2) is 14.7. The van der Waals surface area contributed by atoms with E-state index in [-0.39, 0.29) is 41.1 Å². The summed E-state index contributed by atoms with van der Waals surface area (Å²) in [6.07, 6.45) is 5.49. The number of nitrogens with one attached hydrogen (secondary N) is 1. The Morgan fingerprint density at radius 2 is 1.65 bits per heavy atom. The Bertz CT molecular complexity index is 2170. The zero-order valence-electron chi connectivity index (χ0n) is 31.9. The third-order valence-corrected chi connectivity index (χ3v) is 13.5. The number of anilines is 3. The second-order valence-corrected chi connectivity index (χ2v) is 17.0. The molecule has 1 N–H and O–H groups in total. The highest BCUT2D eigenvalue weighted by Crippen LogP contribution is 2.46. The molecule has 3 aromatic rings. The lowest BCUT2D eigenvalue weighted by Gasteiger charge is -2.49. The summed E-state index contributed by atoms with van der Waals surface area (Å²) in [5.74, 6) is -3.06. The summed E-state index contributed by atoms with van der Waals surface area (Å²) in [6, 6.07) is 14.4. The van der Waals surface area contributed by atoms with E-state index >= 15 is 4.39 Å². The molecular formula is C42H45ClFN9O4. The Balaban J connectivity index is 0.735. The first-order valence-corrected chi connectivity index (χ1v) is 20.3. The van der Waals surface area contributed by atoms with Crippen molar-refractivity contribution in [1.82, 2.24) is 25.0 Å². The maximum absolute atomic E-state index is 15.4. The number of fused-ring (bicyclic) bond motifs is 1. The summed E-state index contributed by atoms with van der Waals surface area (Å²) < 4.78 is 15.4. The van der Waals surface area contributed by atoms with Gasteiger partial charge < -0.3 is 14.7 Å². The van der Waals surface area contributed by atoms with Crippen molar-refractivity contribution in [3.05, 3.63) is 81.9 Å². The number of nitriles is 1. The van der Waals surface area contributed by atoms with Gasteiger partial charge in [-0.1, -0.05) is 11.6 Å². The number of amides is 4. The minimum absolute atomic E-state index is 0.0258. The van der Waals surface area contributed by atoms with Crippen molar-refractivity contribution < 1.29 is 23.6 Å². The Morgan fingerprint density at radius 1 is 0.930 bits per heavy atom. The normalized spacial score (nSPS) is 24.2. The fraction of sp³-hybridized carbons (Fsp3) is 0.476. The van der Waals surface area contributed by atoms with E-state index in [4.69, 9.17) is 16.6 Å². The molecule has 296 valence electrons. The summed E-state index contributed by atoms with van der Waals surface area (Å²) in [7, 11) is 0. The summed E-state index contributed by atoms with van der Waals surface area (Å²) in [6.45, 7) is 10.9. The number of imide groups is 2. The number of carbonyl (C=O) groups excluding carboxylic acids is 4. The number of hydrogen-bond acceptors (Lipinski definition) is 11. The van der Waals surface area contributed by atoms with Crippen LogP contribution in [0.25, 0.3) is 0 Å². The number of nitrogens with zero attached hydrogens (tertiary/aromatic N) is 8. The van der Waals surface area contributed by atoms with Gasteiger partial charge in [-0.05, 0) is 80.5 Å². The van der Waals surface area contributed by atoms with Crippen LogP contribution >= 0.6 is 11.6 Å². The smallest absolute Gasteiger partial charge is 0.262 e. The van der Waals surface area contributed by atoms with E-state index in [0.717, 1.165) is 99.7 Å². The molecule has 0 saturated carbocycles. The Labute approximate surface area is 335 Å². The first-order valence-electron chi connectivity index (χ1n) is 19.9. The van der Waals surface area contributed by atoms with Crippen LogP contribution in [0.3, 0.4) is 0 Å². The lowest BCUT2D eigenvalue weighted by Crippen LogP contribution is -2.63. The Kier molecular flexibility index (Phi) is 9.66. The molecule has 5 saturated heterocycles. The van der Waals surface area contributed by atoms with Gasteiger partial charge in [0.25, 0.3) is 11.8 Å². The van der Waals surface area contributed by atoms with Crippen molar-refractivity contribution in [1.29, 1.82) is 5.26 Å². The highest BCUT2D eigenvalue weighted by molar-refractivity contribution is 6.32. The molecule has 57 heavy (non-hydrogen) atoms. The van der Waals surface area contributed by atoms with E-state index in [9.17, 15) is 24.4 Å². The quantitative estimate of drug-likeness (QED) is 0.348. The van der Waals surface area contributed by atoms with Crippen LogP contribution in [0.15, 0.2) is 48.7 Å². The number of hydrogen-bond donors (Lipinski definition) is 1. The molecule has 7 heterocycles. The lowest BCUT2D eigenvalue weighted by atomic mass is 9.76. The van der Waals surface area contributed by atoms with Gasteiger partial charge in [0.15, 0.2) is 0 Å². The minimum Gasteiger partial charge on any atom is -0.370 e. The SMILES string of the molecule is C[C@H]1CC2(CCN(c3ccc(CN4CCN(C5CN(c6cc7c(cc6F)C(=O)N(C6CCC(=O)NC6=O)C7=O)C5)CC4)nc3)CC2)CN1c1ccc(C#N)c(Cl)c1. The van der Waals surface area contributed by atoms with Crippen molar-refractivity contribution in [2.45, 2.75) is 63.7 Å².